The number of halogens is 2. The zero-order chi connectivity index (χ0) is 20.0. The van der Waals surface area contributed by atoms with Crippen LogP contribution < -0.4 is 4.74 Å². The summed E-state index contributed by atoms with van der Waals surface area (Å²) in [5.41, 5.74) is 3.07. The van der Waals surface area contributed by atoms with Gasteiger partial charge in [-0.1, -0.05) is 75.8 Å². The SMILES string of the molecule is CCCCCCCCCCc1ccc(C#Cc2ccc(OC(F)F)cc2)cc1. The van der Waals surface area contributed by atoms with Crippen LogP contribution in [0.4, 0.5) is 8.78 Å². The van der Waals surface area contributed by atoms with Crippen molar-refractivity contribution < 1.29 is 13.5 Å². The van der Waals surface area contributed by atoms with Gasteiger partial charge in [-0.15, -0.1) is 0 Å². The molecule has 0 amide bonds. The van der Waals surface area contributed by atoms with Crippen LogP contribution in [0.2, 0.25) is 0 Å². The van der Waals surface area contributed by atoms with Gasteiger partial charge in [0.2, 0.25) is 0 Å². The minimum atomic E-state index is -2.80. The highest BCUT2D eigenvalue weighted by Gasteiger charge is 2.02. The average Bonchev–Trinajstić information content (AvgIpc) is 2.70. The van der Waals surface area contributed by atoms with Crippen LogP contribution in [0, 0.1) is 11.8 Å². The molecule has 0 fully saturated rings. The van der Waals surface area contributed by atoms with Crippen molar-refractivity contribution in [2.45, 2.75) is 71.3 Å². The molecule has 0 aromatic heterocycles. The van der Waals surface area contributed by atoms with Gasteiger partial charge in [-0.3, -0.25) is 0 Å². The second kappa shape index (κ2) is 12.9. The maximum absolute atomic E-state index is 12.1. The van der Waals surface area contributed by atoms with Crippen LogP contribution in [0.3, 0.4) is 0 Å². The first-order valence-corrected chi connectivity index (χ1v) is 10.3. The number of hydrogen-bond donors (Lipinski definition) is 0. The lowest BCUT2D eigenvalue weighted by Crippen LogP contribution is -2.01. The number of aryl methyl sites for hydroxylation is 1. The topological polar surface area (TPSA) is 9.23 Å². The van der Waals surface area contributed by atoms with Crippen molar-refractivity contribution in [2.75, 3.05) is 0 Å². The van der Waals surface area contributed by atoms with Crippen molar-refractivity contribution in [3.05, 3.63) is 65.2 Å². The van der Waals surface area contributed by atoms with Crippen LogP contribution in [-0.4, -0.2) is 6.61 Å². The maximum Gasteiger partial charge on any atom is 0.387 e. The molecule has 150 valence electrons. The van der Waals surface area contributed by atoms with Gasteiger partial charge in [0.25, 0.3) is 0 Å². The van der Waals surface area contributed by atoms with E-state index in [4.69, 9.17) is 0 Å². The molecule has 0 N–H and O–H groups in total. The van der Waals surface area contributed by atoms with Gasteiger partial charge in [0, 0.05) is 11.1 Å². The van der Waals surface area contributed by atoms with Gasteiger partial charge in [-0.25, -0.2) is 0 Å². The Hall–Kier alpha value is -2.34. The fraction of sp³-hybridized carbons (Fsp3) is 0.440. The number of rotatable bonds is 11. The molecule has 3 heteroatoms. The predicted molar refractivity (Wildman–Crippen MR) is 112 cm³/mol. The van der Waals surface area contributed by atoms with Gasteiger partial charge >= 0.3 is 6.61 Å². The molecule has 0 heterocycles. The number of unbranched alkanes of at least 4 members (excludes halogenated alkanes) is 7. The summed E-state index contributed by atoms with van der Waals surface area (Å²) >= 11 is 0. The van der Waals surface area contributed by atoms with E-state index in [0.717, 1.165) is 17.5 Å². The fourth-order valence-corrected chi connectivity index (χ4v) is 3.08. The average molecular weight is 385 g/mol. The Morgan fingerprint density at radius 1 is 0.714 bits per heavy atom. The van der Waals surface area contributed by atoms with Crippen molar-refractivity contribution >= 4 is 0 Å². The minimum absolute atomic E-state index is 0.144. The third kappa shape index (κ3) is 9.04. The van der Waals surface area contributed by atoms with E-state index in [-0.39, 0.29) is 5.75 Å². The molecule has 0 radical (unpaired) electrons. The molecule has 2 aromatic rings. The number of ether oxygens (including phenoxy) is 1. The van der Waals surface area contributed by atoms with Crippen molar-refractivity contribution in [3.8, 4) is 17.6 Å². The molecule has 0 aliphatic rings. The molecule has 2 rings (SSSR count). The molecular formula is C25H30F2O. The lowest BCUT2D eigenvalue weighted by molar-refractivity contribution is -0.0498. The van der Waals surface area contributed by atoms with Crippen LogP contribution in [0.5, 0.6) is 5.75 Å². The van der Waals surface area contributed by atoms with E-state index in [1.54, 1.807) is 12.1 Å². The van der Waals surface area contributed by atoms with E-state index in [0.29, 0.717) is 0 Å². The van der Waals surface area contributed by atoms with Crippen molar-refractivity contribution in [2.24, 2.45) is 0 Å². The third-order valence-corrected chi connectivity index (χ3v) is 4.70. The van der Waals surface area contributed by atoms with Gasteiger partial charge in [0.1, 0.15) is 5.75 Å². The van der Waals surface area contributed by atoms with E-state index < -0.39 is 6.61 Å². The summed E-state index contributed by atoms with van der Waals surface area (Å²) in [6, 6.07) is 14.7. The van der Waals surface area contributed by atoms with Gasteiger partial charge in [0.15, 0.2) is 0 Å². The zero-order valence-corrected chi connectivity index (χ0v) is 16.7. The Labute approximate surface area is 168 Å². The highest BCUT2D eigenvalue weighted by atomic mass is 19.3. The summed E-state index contributed by atoms with van der Waals surface area (Å²) in [6.45, 7) is -0.552. The minimum Gasteiger partial charge on any atom is -0.435 e. The van der Waals surface area contributed by atoms with Gasteiger partial charge in [-0.2, -0.15) is 8.78 Å². The van der Waals surface area contributed by atoms with Crippen LogP contribution in [0.15, 0.2) is 48.5 Å². The summed E-state index contributed by atoms with van der Waals surface area (Å²) < 4.78 is 28.6. The lowest BCUT2D eigenvalue weighted by Gasteiger charge is -2.03. The van der Waals surface area contributed by atoms with Crippen LogP contribution in [0.1, 0.15) is 75.0 Å². The number of hydrogen-bond acceptors (Lipinski definition) is 1. The molecule has 1 nitrogen and oxygen atoms in total. The van der Waals surface area contributed by atoms with Gasteiger partial charge in [-0.05, 0) is 54.8 Å². The molecule has 0 bridgehead atoms. The van der Waals surface area contributed by atoms with E-state index in [1.807, 2.05) is 12.1 Å². The molecule has 0 spiro atoms. The molecule has 0 saturated carbocycles. The molecule has 0 atom stereocenters. The number of benzene rings is 2. The Balaban J connectivity index is 1.72. The van der Waals surface area contributed by atoms with Crippen LogP contribution in [0.25, 0.3) is 0 Å². The summed E-state index contributed by atoms with van der Waals surface area (Å²) in [5, 5.41) is 0. The van der Waals surface area contributed by atoms with Crippen LogP contribution >= 0.6 is 0 Å². The molecule has 0 unspecified atom stereocenters. The Morgan fingerprint density at radius 3 is 1.75 bits per heavy atom. The first-order chi connectivity index (χ1) is 13.7. The second-order valence-corrected chi connectivity index (χ2v) is 7.07. The predicted octanol–water partition coefficient (Wildman–Crippen LogP) is 7.37. The van der Waals surface area contributed by atoms with Crippen molar-refractivity contribution in [1.29, 1.82) is 0 Å². The van der Waals surface area contributed by atoms with Crippen molar-refractivity contribution in [3.63, 3.8) is 0 Å². The van der Waals surface area contributed by atoms with Gasteiger partial charge in [0.05, 0.1) is 0 Å². The normalized spacial score (nSPS) is 10.6. The second-order valence-electron chi connectivity index (χ2n) is 7.07. The monoisotopic (exact) mass is 384 g/mol. The summed E-state index contributed by atoms with van der Waals surface area (Å²) in [5.74, 6) is 6.30. The van der Waals surface area contributed by atoms with Gasteiger partial charge < -0.3 is 4.74 Å². The molecule has 0 aliphatic carbocycles. The zero-order valence-electron chi connectivity index (χ0n) is 16.7. The van der Waals surface area contributed by atoms with E-state index in [1.165, 1.54) is 69.1 Å². The summed E-state index contributed by atoms with van der Waals surface area (Å²) in [7, 11) is 0. The molecule has 0 aliphatic heterocycles. The molecule has 0 saturated heterocycles. The Bertz CT molecular complexity index is 724. The smallest absolute Gasteiger partial charge is 0.387 e. The summed E-state index contributed by atoms with van der Waals surface area (Å²) in [6.07, 6.45) is 11.8. The number of alkyl halides is 2. The molecule has 28 heavy (non-hydrogen) atoms. The van der Waals surface area contributed by atoms with Crippen molar-refractivity contribution in [1.82, 2.24) is 0 Å². The quantitative estimate of drug-likeness (QED) is 0.290. The van der Waals surface area contributed by atoms with E-state index in [2.05, 4.69) is 35.6 Å². The Morgan fingerprint density at radius 2 is 1.21 bits per heavy atom. The third-order valence-electron chi connectivity index (χ3n) is 4.70. The summed E-state index contributed by atoms with van der Waals surface area (Å²) in [4.78, 5) is 0. The highest BCUT2D eigenvalue weighted by Crippen LogP contribution is 2.15. The maximum atomic E-state index is 12.1. The fourth-order valence-electron chi connectivity index (χ4n) is 3.08. The highest BCUT2D eigenvalue weighted by molar-refractivity contribution is 5.44. The van der Waals surface area contributed by atoms with Crippen LogP contribution in [-0.2, 0) is 6.42 Å². The van der Waals surface area contributed by atoms with E-state index in [9.17, 15) is 8.78 Å². The lowest BCUT2D eigenvalue weighted by atomic mass is 10.0. The van der Waals surface area contributed by atoms with E-state index >= 15 is 0 Å². The molecular weight excluding hydrogens is 354 g/mol. The largest absolute Gasteiger partial charge is 0.435 e. The Kier molecular flexibility index (Phi) is 10.1. The first kappa shape index (κ1) is 22.0. The standard InChI is InChI=1S/C25H30F2O/c1-2-3-4-5-6-7-8-9-10-21-11-13-22(14-12-21)15-16-23-17-19-24(20-18-23)28-25(26)27/h11-14,17-20,25H,2-10H2,1H3. The molecule has 2 aromatic carbocycles. The first-order valence-electron chi connectivity index (χ1n) is 10.3.